The van der Waals surface area contributed by atoms with Crippen LogP contribution in [-0.2, 0) is 4.79 Å². The normalized spacial score (nSPS) is 47.2. The molecule has 0 bridgehead atoms. The average molecular weight is 481 g/mol. The molecule has 194 valence electrons. The van der Waals surface area contributed by atoms with Gasteiger partial charge in [0, 0.05) is 11.3 Å². The van der Waals surface area contributed by atoms with Gasteiger partial charge in [0.25, 0.3) is 0 Å². The summed E-state index contributed by atoms with van der Waals surface area (Å²) in [4.78, 5) is 13.2. The summed E-state index contributed by atoms with van der Waals surface area (Å²) in [5, 5.41) is 65.5. The maximum absolute atomic E-state index is 13.2. The fourth-order valence-electron chi connectivity index (χ4n) is 8.32. The lowest BCUT2D eigenvalue weighted by molar-refractivity contribution is -0.177. The van der Waals surface area contributed by atoms with Crippen molar-refractivity contribution in [2.24, 2.45) is 28.6 Å². The molecule has 10 atom stereocenters. The maximum Gasteiger partial charge on any atom is 0.159 e. The lowest BCUT2D eigenvalue weighted by Crippen LogP contribution is -2.62. The second-order valence-electron chi connectivity index (χ2n) is 13.2. The summed E-state index contributed by atoms with van der Waals surface area (Å²) in [6, 6.07) is 0. The van der Waals surface area contributed by atoms with Gasteiger partial charge in [-0.2, -0.15) is 0 Å². The number of aliphatic hydroxyl groups is 6. The first-order valence-electron chi connectivity index (χ1n) is 12.9. The third-order valence-corrected chi connectivity index (χ3v) is 10.5. The van der Waals surface area contributed by atoms with Crippen molar-refractivity contribution in [3.63, 3.8) is 0 Å². The van der Waals surface area contributed by atoms with E-state index in [2.05, 4.69) is 0 Å². The van der Waals surface area contributed by atoms with Gasteiger partial charge in [-0.05, 0) is 101 Å². The molecular formula is C27H44O7. The van der Waals surface area contributed by atoms with Crippen molar-refractivity contribution < 1.29 is 35.4 Å². The number of carbonyl (C=O) groups is 1. The van der Waals surface area contributed by atoms with Crippen molar-refractivity contribution in [1.82, 2.24) is 0 Å². The Kier molecular flexibility index (Phi) is 6.24. The van der Waals surface area contributed by atoms with Gasteiger partial charge in [-0.3, -0.25) is 4.79 Å². The van der Waals surface area contributed by atoms with Crippen molar-refractivity contribution in [2.75, 3.05) is 0 Å². The van der Waals surface area contributed by atoms with Crippen LogP contribution in [0, 0.1) is 28.6 Å². The molecule has 0 aromatic rings. The molecule has 1 unspecified atom stereocenters. The minimum Gasteiger partial charge on any atom is -0.390 e. The van der Waals surface area contributed by atoms with Crippen LogP contribution in [-0.4, -0.2) is 71.5 Å². The Morgan fingerprint density at radius 1 is 1.06 bits per heavy atom. The monoisotopic (exact) mass is 480 g/mol. The molecule has 0 amide bonds. The standard InChI is InChI=1S/C27H44O7/c1-23(2,32)9-8-22(31)26(5,33)21-7-11-27(34)16-12-18(28)17-13-19(29)20(30)14-24(17,3)15(16)6-10-25(21,27)4/h12,15,17,19-22,29-34H,6-11,13-14H2,1-5H3/t15?,17-,19+,20+,21-,22+,24+,25+,26+,27+/m0/s1. The molecule has 0 saturated heterocycles. The van der Waals surface area contributed by atoms with Crippen LogP contribution in [0.3, 0.4) is 0 Å². The molecule has 7 heteroatoms. The number of aliphatic hydroxyl groups excluding tert-OH is 3. The lowest BCUT2D eigenvalue weighted by atomic mass is 9.45. The van der Waals surface area contributed by atoms with E-state index in [1.807, 2.05) is 13.8 Å². The van der Waals surface area contributed by atoms with E-state index in [1.165, 1.54) is 0 Å². The zero-order chi connectivity index (χ0) is 25.5. The highest BCUT2D eigenvalue weighted by molar-refractivity contribution is 5.95. The zero-order valence-corrected chi connectivity index (χ0v) is 21.3. The van der Waals surface area contributed by atoms with Crippen molar-refractivity contribution >= 4 is 5.78 Å². The Morgan fingerprint density at radius 2 is 1.71 bits per heavy atom. The predicted molar refractivity (Wildman–Crippen MR) is 127 cm³/mol. The minimum atomic E-state index is -1.46. The molecule has 4 rings (SSSR count). The highest BCUT2D eigenvalue weighted by Crippen LogP contribution is 2.68. The molecule has 0 heterocycles. The van der Waals surface area contributed by atoms with Crippen LogP contribution in [0.5, 0.6) is 0 Å². The van der Waals surface area contributed by atoms with Gasteiger partial charge < -0.3 is 30.6 Å². The number of carbonyl (C=O) groups excluding carboxylic acids is 1. The van der Waals surface area contributed by atoms with Crippen molar-refractivity contribution in [2.45, 2.75) is 121 Å². The van der Waals surface area contributed by atoms with Crippen molar-refractivity contribution in [1.29, 1.82) is 0 Å². The maximum atomic E-state index is 13.2. The van der Waals surface area contributed by atoms with Gasteiger partial charge in [0.2, 0.25) is 0 Å². The van der Waals surface area contributed by atoms with Crippen LogP contribution in [0.25, 0.3) is 0 Å². The topological polar surface area (TPSA) is 138 Å². The molecule has 3 saturated carbocycles. The summed E-state index contributed by atoms with van der Waals surface area (Å²) < 4.78 is 0. The minimum absolute atomic E-state index is 0.0840. The molecule has 7 nitrogen and oxygen atoms in total. The first-order valence-corrected chi connectivity index (χ1v) is 12.9. The van der Waals surface area contributed by atoms with Gasteiger partial charge in [-0.1, -0.05) is 13.8 Å². The SMILES string of the molecule is CC(C)(O)CC[C@@H](O)[C@](C)(O)[C@H]1CC[C@@]2(O)C3=CC(=O)[C@@H]4C[C@@H](O)[C@H](O)C[C@]4(C)C3CC[C@]12C. The van der Waals surface area contributed by atoms with E-state index in [0.29, 0.717) is 44.1 Å². The molecule has 0 radical (unpaired) electrons. The molecule has 0 aromatic carbocycles. The number of hydrogen-bond donors (Lipinski definition) is 6. The molecule has 0 aliphatic heterocycles. The van der Waals surface area contributed by atoms with E-state index >= 15 is 0 Å². The molecule has 0 aromatic heterocycles. The fourth-order valence-corrected chi connectivity index (χ4v) is 8.32. The highest BCUT2D eigenvalue weighted by atomic mass is 16.3. The summed E-state index contributed by atoms with van der Waals surface area (Å²) in [5.41, 5.74) is -4.27. The van der Waals surface area contributed by atoms with E-state index in [-0.39, 0.29) is 36.4 Å². The van der Waals surface area contributed by atoms with Gasteiger partial charge in [0.1, 0.15) is 0 Å². The Morgan fingerprint density at radius 3 is 2.32 bits per heavy atom. The molecule has 4 aliphatic rings. The van der Waals surface area contributed by atoms with Crippen LogP contribution in [0.4, 0.5) is 0 Å². The summed E-state index contributed by atoms with van der Waals surface area (Å²) in [7, 11) is 0. The third kappa shape index (κ3) is 3.73. The fraction of sp³-hybridized carbons (Fsp3) is 0.889. The largest absolute Gasteiger partial charge is 0.390 e. The van der Waals surface area contributed by atoms with Crippen molar-refractivity contribution in [3.8, 4) is 0 Å². The Balaban J connectivity index is 1.66. The summed E-state index contributed by atoms with van der Waals surface area (Å²) in [5.74, 6) is -0.948. The van der Waals surface area contributed by atoms with E-state index < -0.39 is 45.9 Å². The van der Waals surface area contributed by atoms with Crippen LogP contribution in [0.1, 0.15) is 86.0 Å². The van der Waals surface area contributed by atoms with Gasteiger partial charge >= 0.3 is 0 Å². The number of rotatable bonds is 5. The predicted octanol–water partition coefficient (Wildman–Crippen LogP) is 1.85. The molecule has 0 spiro atoms. The molecule has 4 aliphatic carbocycles. The Labute approximate surface area is 202 Å². The smallest absolute Gasteiger partial charge is 0.159 e. The number of ketones is 1. The van der Waals surface area contributed by atoms with E-state index in [9.17, 15) is 35.4 Å². The summed E-state index contributed by atoms with van der Waals surface area (Å²) in [6.45, 7) is 8.96. The van der Waals surface area contributed by atoms with E-state index in [1.54, 1.807) is 26.8 Å². The van der Waals surface area contributed by atoms with Gasteiger partial charge in [0.05, 0.1) is 35.1 Å². The highest BCUT2D eigenvalue weighted by Gasteiger charge is 2.69. The van der Waals surface area contributed by atoms with Crippen molar-refractivity contribution in [3.05, 3.63) is 11.6 Å². The summed E-state index contributed by atoms with van der Waals surface area (Å²) >= 11 is 0. The van der Waals surface area contributed by atoms with Gasteiger partial charge in [-0.15, -0.1) is 0 Å². The summed E-state index contributed by atoms with van der Waals surface area (Å²) in [6.07, 6.45) is 2.11. The van der Waals surface area contributed by atoms with Gasteiger partial charge in [-0.25, -0.2) is 0 Å². The number of fused-ring (bicyclic) bond motifs is 5. The Hall–Kier alpha value is -0.830. The van der Waals surface area contributed by atoms with Crippen LogP contribution >= 0.6 is 0 Å². The van der Waals surface area contributed by atoms with Crippen LogP contribution < -0.4 is 0 Å². The lowest BCUT2D eigenvalue weighted by Gasteiger charge is -2.60. The first-order chi connectivity index (χ1) is 15.5. The average Bonchev–Trinajstić information content (AvgIpc) is 3.00. The molecule has 6 N–H and O–H groups in total. The third-order valence-electron chi connectivity index (χ3n) is 10.5. The quantitative estimate of drug-likeness (QED) is 0.353. The second-order valence-corrected chi connectivity index (χ2v) is 13.2. The van der Waals surface area contributed by atoms with Crippen LogP contribution in [0.15, 0.2) is 11.6 Å². The zero-order valence-electron chi connectivity index (χ0n) is 21.3. The second kappa shape index (κ2) is 8.09. The number of hydrogen-bond acceptors (Lipinski definition) is 7. The first kappa shape index (κ1) is 26.2. The van der Waals surface area contributed by atoms with Crippen LogP contribution in [0.2, 0.25) is 0 Å². The van der Waals surface area contributed by atoms with E-state index in [4.69, 9.17) is 0 Å². The molecule has 34 heavy (non-hydrogen) atoms. The van der Waals surface area contributed by atoms with Gasteiger partial charge in [0.15, 0.2) is 5.78 Å². The van der Waals surface area contributed by atoms with E-state index in [0.717, 1.165) is 0 Å². The molecule has 3 fully saturated rings. The molecular weight excluding hydrogens is 436 g/mol. The number of allylic oxidation sites excluding steroid dienone is 1. The Bertz CT molecular complexity index is 860.